The standard InChI is InChI=1S/C71H137NO5/c1-3-5-7-9-11-13-15-17-18-19-20-21-22-25-28-31-34-37-40-43-47-51-55-59-63-69(74)68(67-73)72-70(75)64-60-56-52-48-44-41-38-35-32-29-26-23-24-27-30-33-36-39-42-46-50-54-58-62-66-77-71(76)65-61-57-53-49-45-16-14-12-10-8-6-4-2/h12,14,26,29,68-69,73-74H,3-11,13,15-25,27-28,30-67H2,1-2H3,(H,72,75)/b14-12-,29-26-. The van der Waals surface area contributed by atoms with E-state index in [2.05, 4.69) is 43.5 Å². The van der Waals surface area contributed by atoms with Gasteiger partial charge in [0.2, 0.25) is 5.91 Å². The Morgan fingerprint density at radius 2 is 0.610 bits per heavy atom. The van der Waals surface area contributed by atoms with Crippen molar-refractivity contribution >= 4 is 11.9 Å². The predicted molar refractivity (Wildman–Crippen MR) is 338 cm³/mol. The Bertz CT molecular complexity index is 1200. The van der Waals surface area contributed by atoms with Gasteiger partial charge in [-0.05, 0) is 77.0 Å². The summed E-state index contributed by atoms with van der Waals surface area (Å²) in [7, 11) is 0. The van der Waals surface area contributed by atoms with Crippen LogP contribution in [0.2, 0.25) is 0 Å². The highest BCUT2D eigenvalue weighted by Gasteiger charge is 2.20. The highest BCUT2D eigenvalue weighted by molar-refractivity contribution is 5.76. The molecule has 0 aliphatic carbocycles. The van der Waals surface area contributed by atoms with Gasteiger partial charge in [0.25, 0.3) is 0 Å². The highest BCUT2D eigenvalue weighted by Crippen LogP contribution is 2.19. The van der Waals surface area contributed by atoms with Gasteiger partial charge in [0.05, 0.1) is 25.4 Å². The molecule has 456 valence electrons. The minimum absolute atomic E-state index is 0.00320. The van der Waals surface area contributed by atoms with E-state index < -0.39 is 12.1 Å². The molecule has 0 rings (SSSR count). The molecule has 0 spiro atoms. The highest BCUT2D eigenvalue weighted by atomic mass is 16.5. The van der Waals surface area contributed by atoms with Gasteiger partial charge >= 0.3 is 5.97 Å². The van der Waals surface area contributed by atoms with Crippen LogP contribution in [-0.4, -0.2) is 47.4 Å². The molecule has 0 aromatic carbocycles. The Kier molecular flexibility index (Phi) is 65.4. The third-order valence-corrected chi connectivity index (χ3v) is 16.5. The molecule has 2 unspecified atom stereocenters. The predicted octanol–water partition coefficient (Wildman–Crippen LogP) is 22.5. The molecule has 6 heteroatoms. The minimum atomic E-state index is -0.669. The first-order valence-electron chi connectivity index (χ1n) is 35.1. The maximum atomic E-state index is 12.6. The van der Waals surface area contributed by atoms with Crippen LogP contribution in [0.25, 0.3) is 0 Å². The largest absolute Gasteiger partial charge is 0.466 e. The Morgan fingerprint density at radius 3 is 0.948 bits per heavy atom. The van der Waals surface area contributed by atoms with Gasteiger partial charge in [-0.25, -0.2) is 0 Å². The summed E-state index contributed by atoms with van der Waals surface area (Å²) in [4.78, 5) is 24.6. The second-order valence-corrected chi connectivity index (χ2v) is 24.2. The lowest BCUT2D eigenvalue weighted by molar-refractivity contribution is -0.143. The number of amides is 1. The molecule has 0 saturated heterocycles. The quantitative estimate of drug-likeness (QED) is 0.0320. The van der Waals surface area contributed by atoms with Gasteiger partial charge in [0.15, 0.2) is 0 Å². The summed E-state index contributed by atoms with van der Waals surface area (Å²) in [6.07, 6.45) is 83.6. The Hall–Kier alpha value is -1.66. The zero-order chi connectivity index (χ0) is 55.7. The Balaban J connectivity index is 3.41. The monoisotopic (exact) mass is 1080 g/mol. The van der Waals surface area contributed by atoms with E-state index in [9.17, 15) is 19.8 Å². The molecular formula is C71H137NO5. The van der Waals surface area contributed by atoms with Gasteiger partial charge in [-0.3, -0.25) is 9.59 Å². The van der Waals surface area contributed by atoms with Crippen LogP contribution in [0, 0.1) is 0 Å². The van der Waals surface area contributed by atoms with Gasteiger partial charge in [0, 0.05) is 12.8 Å². The number of hydrogen-bond acceptors (Lipinski definition) is 5. The molecule has 0 aromatic heterocycles. The summed E-state index contributed by atoms with van der Waals surface area (Å²) in [6, 6.07) is -0.546. The van der Waals surface area contributed by atoms with Crippen LogP contribution >= 0.6 is 0 Å². The van der Waals surface area contributed by atoms with Crippen molar-refractivity contribution in [1.82, 2.24) is 5.32 Å². The molecule has 0 aliphatic heterocycles. The van der Waals surface area contributed by atoms with Crippen molar-refractivity contribution in [3.05, 3.63) is 24.3 Å². The van der Waals surface area contributed by atoms with E-state index in [1.165, 1.54) is 315 Å². The number of aliphatic hydroxyl groups excluding tert-OH is 2. The summed E-state index contributed by atoms with van der Waals surface area (Å²) < 4.78 is 5.47. The fourth-order valence-electron chi connectivity index (χ4n) is 11.1. The van der Waals surface area contributed by atoms with E-state index in [4.69, 9.17) is 4.74 Å². The lowest BCUT2D eigenvalue weighted by Gasteiger charge is -2.22. The van der Waals surface area contributed by atoms with E-state index in [0.717, 1.165) is 44.9 Å². The van der Waals surface area contributed by atoms with Crippen LogP contribution in [0.15, 0.2) is 24.3 Å². The maximum Gasteiger partial charge on any atom is 0.305 e. The van der Waals surface area contributed by atoms with E-state index in [1.807, 2.05) is 0 Å². The van der Waals surface area contributed by atoms with Gasteiger partial charge in [-0.15, -0.1) is 0 Å². The average Bonchev–Trinajstić information content (AvgIpc) is 3.43. The van der Waals surface area contributed by atoms with Crippen molar-refractivity contribution in [3.63, 3.8) is 0 Å². The molecule has 6 nitrogen and oxygen atoms in total. The van der Waals surface area contributed by atoms with Crippen molar-refractivity contribution in [2.75, 3.05) is 13.2 Å². The minimum Gasteiger partial charge on any atom is -0.466 e. The third-order valence-electron chi connectivity index (χ3n) is 16.5. The summed E-state index contributed by atoms with van der Waals surface area (Å²) in [5.74, 6) is -0.0317. The van der Waals surface area contributed by atoms with E-state index in [0.29, 0.717) is 25.9 Å². The second-order valence-electron chi connectivity index (χ2n) is 24.2. The summed E-state index contributed by atoms with van der Waals surface area (Å²) in [6.45, 7) is 4.96. The van der Waals surface area contributed by atoms with Gasteiger partial charge < -0.3 is 20.3 Å². The molecule has 2 atom stereocenters. The topological polar surface area (TPSA) is 95.9 Å². The molecule has 0 aromatic rings. The molecular weight excluding hydrogens is 947 g/mol. The molecule has 77 heavy (non-hydrogen) atoms. The zero-order valence-electron chi connectivity index (χ0n) is 52.2. The first-order valence-corrected chi connectivity index (χ1v) is 35.1. The van der Waals surface area contributed by atoms with Crippen LogP contribution in [0.5, 0.6) is 0 Å². The number of aliphatic hydroxyl groups is 2. The van der Waals surface area contributed by atoms with E-state index in [-0.39, 0.29) is 18.5 Å². The zero-order valence-corrected chi connectivity index (χ0v) is 52.2. The number of nitrogens with one attached hydrogen (secondary N) is 1. The van der Waals surface area contributed by atoms with E-state index in [1.54, 1.807) is 0 Å². The van der Waals surface area contributed by atoms with Crippen LogP contribution in [0.1, 0.15) is 393 Å². The molecule has 0 radical (unpaired) electrons. The maximum absolute atomic E-state index is 12.6. The van der Waals surface area contributed by atoms with Crippen LogP contribution < -0.4 is 5.32 Å². The fourth-order valence-corrected chi connectivity index (χ4v) is 11.1. The third kappa shape index (κ3) is 63.4. The van der Waals surface area contributed by atoms with Crippen LogP contribution in [0.4, 0.5) is 0 Å². The number of esters is 1. The average molecular weight is 1080 g/mol. The fraction of sp³-hybridized carbons (Fsp3) is 0.915. The Morgan fingerprint density at radius 1 is 0.351 bits per heavy atom. The second kappa shape index (κ2) is 66.8. The van der Waals surface area contributed by atoms with Crippen molar-refractivity contribution in [2.24, 2.45) is 0 Å². The normalized spacial score (nSPS) is 12.6. The van der Waals surface area contributed by atoms with Crippen molar-refractivity contribution < 1.29 is 24.5 Å². The van der Waals surface area contributed by atoms with Gasteiger partial charge in [-0.2, -0.15) is 0 Å². The number of unbranched alkanes of at least 4 members (excludes halogenated alkanes) is 51. The summed E-state index contributed by atoms with van der Waals surface area (Å²) in [5, 5.41) is 23.4. The Labute approximate surface area is 481 Å². The molecule has 3 N–H and O–H groups in total. The van der Waals surface area contributed by atoms with Crippen molar-refractivity contribution in [1.29, 1.82) is 0 Å². The number of ether oxygens (including phenoxy) is 1. The van der Waals surface area contributed by atoms with Gasteiger partial charge in [-0.1, -0.05) is 327 Å². The molecule has 1 amide bonds. The number of allylic oxidation sites excluding steroid dienone is 4. The van der Waals surface area contributed by atoms with Crippen LogP contribution in [0.3, 0.4) is 0 Å². The number of hydrogen-bond donors (Lipinski definition) is 3. The molecule has 0 saturated carbocycles. The van der Waals surface area contributed by atoms with Crippen LogP contribution in [-0.2, 0) is 14.3 Å². The van der Waals surface area contributed by atoms with E-state index >= 15 is 0 Å². The smallest absolute Gasteiger partial charge is 0.305 e. The van der Waals surface area contributed by atoms with Gasteiger partial charge in [0.1, 0.15) is 0 Å². The van der Waals surface area contributed by atoms with Crippen molar-refractivity contribution in [2.45, 2.75) is 405 Å². The molecule has 0 aliphatic rings. The SMILES string of the molecule is CCCCC/C=C\CCCCCCCC(=O)OCCCCCCCCCCCCCC/C=C\CCCCCCCCCCC(=O)NC(CO)C(O)CCCCCCCCCCCCCCCCCCCCCCCCCC. The lowest BCUT2D eigenvalue weighted by atomic mass is 10.0. The molecule has 0 fully saturated rings. The first kappa shape index (κ1) is 75.3. The summed E-state index contributed by atoms with van der Waals surface area (Å²) in [5.41, 5.74) is 0. The number of carbonyl (C=O) groups excluding carboxylic acids is 2. The molecule has 0 bridgehead atoms. The number of rotatable bonds is 66. The lowest BCUT2D eigenvalue weighted by Crippen LogP contribution is -2.45. The first-order chi connectivity index (χ1) is 38.0. The molecule has 0 heterocycles. The number of carbonyl (C=O) groups is 2. The summed E-state index contributed by atoms with van der Waals surface area (Å²) >= 11 is 0. The van der Waals surface area contributed by atoms with Crippen molar-refractivity contribution in [3.8, 4) is 0 Å².